The predicted octanol–water partition coefficient (Wildman–Crippen LogP) is 2.43. The normalized spacial score (nSPS) is 20.9. The molecule has 8 heteroatoms. The molecule has 1 aliphatic rings. The molecule has 1 fully saturated rings. The lowest BCUT2D eigenvalue weighted by Crippen LogP contribution is -2.44. The largest absolute Gasteiger partial charge is 0.330 e. The summed E-state index contributed by atoms with van der Waals surface area (Å²) in [5, 5.41) is 0.476. The lowest BCUT2D eigenvalue weighted by atomic mass is 10.0. The van der Waals surface area contributed by atoms with Crippen molar-refractivity contribution in [3.63, 3.8) is 0 Å². The molecule has 1 heterocycles. The van der Waals surface area contributed by atoms with Crippen LogP contribution in [0.25, 0.3) is 0 Å². The number of benzene rings is 1. The molecule has 1 aliphatic heterocycles. The van der Waals surface area contributed by atoms with Crippen molar-refractivity contribution >= 4 is 43.4 Å². The highest BCUT2D eigenvalue weighted by Gasteiger charge is 2.28. The van der Waals surface area contributed by atoms with E-state index in [2.05, 4.69) is 20.7 Å². The Balaban J connectivity index is 2.16. The van der Waals surface area contributed by atoms with E-state index in [9.17, 15) is 8.42 Å². The van der Waals surface area contributed by atoms with E-state index in [0.717, 1.165) is 12.8 Å². The molecule has 0 aromatic heterocycles. The van der Waals surface area contributed by atoms with Crippen molar-refractivity contribution < 1.29 is 8.42 Å². The van der Waals surface area contributed by atoms with Gasteiger partial charge in [0.15, 0.2) is 0 Å². The molecule has 0 saturated carbocycles. The standard InChI is InChI=1S/C12H17BrClN3O2S/c13-11-4-3-10(14)6-12(11)16-20(18,19)17-5-1-2-9(7-15)8-17/h3-4,6,9,16H,1-2,5,7-8,15H2. The van der Waals surface area contributed by atoms with E-state index in [1.54, 1.807) is 18.2 Å². The molecule has 0 bridgehead atoms. The van der Waals surface area contributed by atoms with Crippen LogP contribution < -0.4 is 10.5 Å². The molecular weight excluding hydrogens is 366 g/mol. The summed E-state index contributed by atoms with van der Waals surface area (Å²) in [6.07, 6.45) is 1.81. The van der Waals surface area contributed by atoms with E-state index in [0.29, 0.717) is 34.8 Å². The summed E-state index contributed by atoms with van der Waals surface area (Å²) in [5.74, 6) is 0.225. The first-order chi connectivity index (χ1) is 9.42. The van der Waals surface area contributed by atoms with Crippen LogP contribution in [0.15, 0.2) is 22.7 Å². The fourth-order valence-electron chi connectivity index (χ4n) is 2.22. The number of rotatable bonds is 4. The molecule has 1 aromatic rings. The van der Waals surface area contributed by atoms with Crippen molar-refractivity contribution in [1.82, 2.24) is 4.31 Å². The molecule has 1 saturated heterocycles. The highest BCUT2D eigenvalue weighted by molar-refractivity contribution is 9.10. The molecule has 1 unspecified atom stereocenters. The van der Waals surface area contributed by atoms with Gasteiger partial charge in [0.05, 0.1) is 5.69 Å². The molecule has 0 spiro atoms. The number of halogens is 2. The molecule has 0 aliphatic carbocycles. The minimum Gasteiger partial charge on any atom is -0.330 e. The molecule has 0 amide bonds. The molecule has 3 N–H and O–H groups in total. The molecule has 1 atom stereocenters. The molecule has 112 valence electrons. The lowest BCUT2D eigenvalue weighted by Gasteiger charge is -2.31. The number of anilines is 1. The average molecular weight is 383 g/mol. The van der Waals surface area contributed by atoms with Crippen molar-refractivity contribution in [2.75, 3.05) is 24.4 Å². The minimum atomic E-state index is -3.58. The molecule has 0 radical (unpaired) electrons. The van der Waals surface area contributed by atoms with Crippen molar-refractivity contribution in [2.45, 2.75) is 12.8 Å². The highest BCUT2D eigenvalue weighted by Crippen LogP contribution is 2.28. The second-order valence-corrected chi connectivity index (χ2v) is 7.79. The third kappa shape index (κ3) is 3.85. The van der Waals surface area contributed by atoms with Gasteiger partial charge < -0.3 is 5.73 Å². The van der Waals surface area contributed by atoms with Gasteiger partial charge in [-0.05, 0) is 59.4 Å². The van der Waals surface area contributed by atoms with E-state index >= 15 is 0 Å². The Morgan fingerprint density at radius 1 is 1.50 bits per heavy atom. The summed E-state index contributed by atoms with van der Waals surface area (Å²) < 4.78 is 29.4. The van der Waals surface area contributed by atoms with Gasteiger partial charge >= 0.3 is 10.2 Å². The minimum absolute atomic E-state index is 0.225. The summed E-state index contributed by atoms with van der Waals surface area (Å²) in [6.45, 7) is 1.49. The van der Waals surface area contributed by atoms with Gasteiger partial charge in [0, 0.05) is 22.6 Å². The van der Waals surface area contributed by atoms with Gasteiger partial charge in [-0.2, -0.15) is 12.7 Å². The maximum Gasteiger partial charge on any atom is 0.301 e. The maximum atomic E-state index is 12.4. The Labute approximate surface area is 132 Å². The molecule has 2 rings (SSSR count). The molecular formula is C12H17BrClN3O2S. The zero-order valence-corrected chi connectivity index (χ0v) is 14.0. The Bertz CT molecular complexity index is 582. The number of nitrogens with two attached hydrogens (primary N) is 1. The molecule has 5 nitrogen and oxygen atoms in total. The molecule has 20 heavy (non-hydrogen) atoms. The lowest BCUT2D eigenvalue weighted by molar-refractivity contribution is 0.273. The Morgan fingerprint density at radius 2 is 2.25 bits per heavy atom. The number of nitrogens with zero attached hydrogens (tertiary/aromatic N) is 1. The Hall–Kier alpha value is -0.340. The zero-order chi connectivity index (χ0) is 14.8. The van der Waals surface area contributed by atoms with E-state index in [4.69, 9.17) is 17.3 Å². The van der Waals surface area contributed by atoms with Crippen molar-refractivity contribution in [1.29, 1.82) is 0 Å². The fraction of sp³-hybridized carbons (Fsp3) is 0.500. The summed E-state index contributed by atoms with van der Waals surface area (Å²) >= 11 is 9.20. The van der Waals surface area contributed by atoms with Gasteiger partial charge in [0.2, 0.25) is 0 Å². The van der Waals surface area contributed by atoms with Crippen LogP contribution in [0.2, 0.25) is 5.02 Å². The summed E-state index contributed by atoms with van der Waals surface area (Å²) in [7, 11) is -3.58. The first-order valence-corrected chi connectivity index (χ1v) is 8.96. The first kappa shape index (κ1) is 16.0. The summed E-state index contributed by atoms with van der Waals surface area (Å²) in [4.78, 5) is 0. The predicted molar refractivity (Wildman–Crippen MR) is 85.0 cm³/mol. The zero-order valence-electron chi connectivity index (χ0n) is 10.9. The Morgan fingerprint density at radius 3 is 2.95 bits per heavy atom. The van der Waals surface area contributed by atoms with E-state index in [1.165, 1.54) is 4.31 Å². The van der Waals surface area contributed by atoms with Gasteiger partial charge in [-0.25, -0.2) is 0 Å². The van der Waals surface area contributed by atoms with Crippen LogP contribution in [0.5, 0.6) is 0 Å². The first-order valence-electron chi connectivity index (χ1n) is 6.35. The maximum absolute atomic E-state index is 12.4. The quantitative estimate of drug-likeness (QED) is 0.840. The van der Waals surface area contributed by atoms with Crippen LogP contribution in [0.4, 0.5) is 5.69 Å². The molecule has 1 aromatic carbocycles. The van der Waals surface area contributed by atoms with Gasteiger partial charge in [-0.3, -0.25) is 4.72 Å². The van der Waals surface area contributed by atoms with Crippen LogP contribution in [-0.2, 0) is 10.2 Å². The van der Waals surface area contributed by atoms with Crippen molar-refractivity contribution in [2.24, 2.45) is 11.7 Å². The van der Waals surface area contributed by atoms with Crippen LogP contribution in [0.1, 0.15) is 12.8 Å². The number of nitrogens with one attached hydrogen (secondary N) is 1. The van der Waals surface area contributed by atoms with Crippen LogP contribution in [-0.4, -0.2) is 32.4 Å². The summed E-state index contributed by atoms with van der Waals surface area (Å²) in [5.41, 5.74) is 6.08. The van der Waals surface area contributed by atoms with Gasteiger partial charge in [0.1, 0.15) is 0 Å². The van der Waals surface area contributed by atoms with Gasteiger partial charge in [-0.15, -0.1) is 0 Å². The fourth-order valence-corrected chi connectivity index (χ4v) is 4.22. The van der Waals surface area contributed by atoms with Crippen molar-refractivity contribution in [3.05, 3.63) is 27.7 Å². The van der Waals surface area contributed by atoms with E-state index < -0.39 is 10.2 Å². The second-order valence-electron chi connectivity index (χ2n) is 4.83. The Kier molecular flexibility index (Phi) is 5.30. The van der Waals surface area contributed by atoms with Crippen molar-refractivity contribution in [3.8, 4) is 0 Å². The van der Waals surface area contributed by atoms with E-state index in [-0.39, 0.29) is 5.92 Å². The summed E-state index contributed by atoms with van der Waals surface area (Å²) in [6, 6.07) is 4.97. The number of hydrogen-bond donors (Lipinski definition) is 2. The van der Waals surface area contributed by atoms with Crippen LogP contribution in [0, 0.1) is 5.92 Å². The van der Waals surface area contributed by atoms with Gasteiger partial charge in [0.25, 0.3) is 0 Å². The highest BCUT2D eigenvalue weighted by atomic mass is 79.9. The van der Waals surface area contributed by atoms with Gasteiger partial charge in [-0.1, -0.05) is 11.6 Å². The average Bonchev–Trinajstić information content (AvgIpc) is 2.43. The number of hydrogen-bond acceptors (Lipinski definition) is 3. The topological polar surface area (TPSA) is 75.4 Å². The smallest absolute Gasteiger partial charge is 0.301 e. The monoisotopic (exact) mass is 381 g/mol. The SMILES string of the molecule is NCC1CCCN(S(=O)(=O)Nc2cc(Cl)ccc2Br)C1. The third-order valence-corrected chi connectivity index (χ3v) is 5.74. The van der Waals surface area contributed by atoms with Crippen LogP contribution in [0.3, 0.4) is 0 Å². The third-order valence-electron chi connectivity index (χ3n) is 3.32. The number of piperidine rings is 1. The van der Waals surface area contributed by atoms with E-state index in [1.807, 2.05) is 0 Å². The van der Waals surface area contributed by atoms with Crippen LogP contribution >= 0.6 is 27.5 Å². The second kappa shape index (κ2) is 6.62.